The zero-order chi connectivity index (χ0) is 19.8. The molecule has 1 N–H and O–H groups in total. The Morgan fingerprint density at radius 3 is 2.75 bits per heavy atom. The number of furan rings is 1. The highest BCUT2D eigenvalue weighted by molar-refractivity contribution is 7.10. The van der Waals surface area contributed by atoms with Crippen molar-refractivity contribution in [2.75, 3.05) is 6.54 Å². The highest BCUT2D eigenvalue weighted by Crippen LogP contribution is 2.42. The Morgan fingerprint density at radius 1 is 1.29 bits per heavy atom. The van der Waals surface area contributed by atoms with Gasteiger partial charge in [-0.25, -0.2) is 0 Å². The Balaban J connectivity index is 1.80. The number of Topliss-reactive ketones (excluding diaryl/α,β-unsaturated/α-hetero) is 1. The number of aliphatic hydroxyl groups is 1. The van der Waals surface area contributed by atoms with Gasteiger partial charge in [-0.3, -0.25) is 9.59 Å². The first-order valence-corrected chi connectivity index (χ1v) is 10.2. The number of thiophene rings is 1. The van der Waals surface area contributed by atoms with Crippen LogP contribution in [0, 0.1) is 6.92 Å². The number of nitrogens with zero attached hydrogens (tertiary/aromatic N) is 1. The molecule has 0 bridgehead atoms. The molecule has 1 aliphatic heterocycles. The number of carbonyl (C=O) groups is 2. The van der Waals surface area contributed by atoms with Crippen molar-refractivity contribution in [3.05, 3.63) is 69.3 Å². The first-order chi connectivity index (χ1) is 13.5. The third kappa shape index (κ3) is 2.94. The van der Waals surface area contributed by atoms with Crippen LogP contribution in [0.15, 0.2) is 57.5 Å². The minimum atomic E-state index is -0.584. The lowest BCUT2D eigenvalue weighted by Crippen LogP contribution is -2.32. The second-order valence-corrected chi connectivity index (χ2v) is 7.91. The Kier molecular flexibility index (Phi) is 4.81. The quantitative estimate of drug-likeness (QED) is 0.584. The molecule has 3 aromatic rings. The summed E-state index contributed by atoms with van der Waals surface area (Å²) in [5.74, 6) is -1.28. The van der Waals surface area contributed by atoms with E-state index in [4.69, 9.17) is 4.42 Å². The van der Waals surface area contributed by atoms with Gasteiger partial charge in [0.1, 0.15) is 5.58 Å². The van der Waals surface area contributed by atoms with Crippen molar-refractivity contribution in [3.8, 4) is 0 Å². The maximum Gasteiger partial charge on any atom is 0.290 e. The molecule has 1 aromatic carbocycles. The van der Waals surface area contributed by atoms with E-state index in [0.29, 0.717) is 12.1 Å². The summed E-state index contributed by atoms with van der Waals surface area (Å²) in [6.07, 6.45) is 1.71. The fourth-order valence-electron chi connectivity index (χ4n) is 3.61. The summed E-state index contributed by atoms with van der Waals surface area (Å²) >= 11 is 1.49. The van der Waals surface area contributed by atoms with Crippen LogP contribution in [-0.2, 0) is 4.79 Å². The van der Waals surface area contributed by atoms with Gasteiger partial charge < -0.3 is 14.4 Å². The number of aryl methyl sites for hydroxylation is 1. The van der Waals surface area contributed by atoms with Crippen molar-refractivity contribution in [2.45, 2.75) is 32.7 Å². The van der Waals surface area contributed by atoms with E-state index in [9.17, 15) is 14.7 Å². The molecule has 1 unspecified atom stereocenters. The van der Waals surface area contributed by atoms with Crippen LogP contribution in [0.5, 0.6) is 0 Å². The summed E-state index contributed by atoms with van der Waals surface area (Å²) in [6.45, 7) is 4.48. The van der Waals surface area contributed by atoms with Crippen LogP contribution in [-0.4, -0.2) is 28.2 Å². The van der Waals surface area contributed by atoms with Crippen molar-refractivity contribution < 1.29 is 19.1 Å². The number of amides is 1. The molecule has 1 atom stereocenters. The highest BCUT2D eigenvalue weighted by Gasteiger charge is 2.45. The Morgan fingerprint density at radius 2 is 2.07 bits per heavy atom. The standard InChI is InChI=1S/C22H21NO4S/c1-3-4-10-23-18(21-13(2)9-11-28-21)17(20(25)22(23)26)19(24)16-12-14-7-5-6-8-15(14)27-16/h5-9,11-12,18,25H,3-4,10H2,1-2H3. The van der Waals surface area contributed by atoms with Crippen molar-refractivity contribution in [3.63, 3.8) is 0 Å². The average Bonchev–Trinajstić information content (AvgIpc) is 3.37. The summed E-state index contributed by atoms with van der Waals surface area (Å²) in [5, 5.41) is 13.4. The maximum absolute atomic E-state index is 13.3. The summed E-state index contributed by atoms with van der Waals surface area (Å²) in [7, 11) is 0. The second-order valence-electron chi connectivity index (χ2n) is 6.96. The lowest BCUT2D eigenvalue weighted by Gasteiger charge is -2.26. The zero-order valence-corrected chi connectivity index (χ0v) is 16.6. The van der Waals surface area contributed by atoms with Gasteiger partial charge in [0, 0.05) is 16.8 Å². The van der Waals surface area contributed by atoms with E-state index in [1.54, 1.807) is 17.0 Å². The first kappa shape index (κ1) is 18.5. The number of benzene rings is 1. The zero-order valence-electron chi connectivity index (χ0n) is 15.8. The second kappa shape index (κ2) is 7.28. The van der Waals surface area contributed by atoms with Crippen molar-refractivity contribution >= 4 is 34.0 Å². The third-order valence-corrected chi connectivity index (χ3v) is 6.17. The molecule has 2 aromatic heterocycles. The monoisotopic (exact) mass is 395 g/mol. The van der Waals surface area contributed by atoms with Gasteiger partial charge in [0.05, 0.1) is 11.6 Å². The summed E-state index contributed by atoms with van der Waals surface area (Å²) in [5.41, 5.74) is 1.70. The van der Waals surface area contributed by atoms with E-state index in [1.165, 1.54) is 11.3 Å². The molecule has 5 nitrogen and oxygen atoms in total. The Bertz CT molecular complexity index is 1060. The predicted octanol–water partition coefficient (Wildman–Crippen LogP) is 5.18. The fourth-order valence-corrected chi connectivity index (χ4v) is 4.66. The van der Waals surface area contributed by atoms with E-state index < -0.39 is 23.5 Å². The normalized spacial score (nSPS) is 17.1. The van der Waals surface area contributed by atoms with Crippen molar-refractivity contribution in [1.29, 1.82) is 0 Å². The summed E-state index contributed by atoms with van der Waals surface area (Å²) in [4.78, 5) is 28.6. The summed E-state index contributed by atoms with van der Waals surface area (Å²) in [6, 6.07) is 10.4. The number of para-hydroxylation sites is 1. The number of hydrogen-bond donors (Lipinski definition) is 1. The average molecular weight is 395 g/mol. The van der Waals surface area contributed by atoms with Gasteiger partial charge in [-0.05, 0) is 42.5 Å². The van der Waals surface area contributed by atoms with Crippen LogP contribution >= 0.6 is 11.3 Å². The molecule has 28 heavy (non-hydrogen) atoms. The number of ketones is 1. The first-order valence-electron chi connectivity index (χ1n) is 9.34. The number of aliphatic hydroxyl groups excluding tert-OH is 1. The molecule has 6 heteroatoms. The van der Waals surface area contributed by atoms with Gasteiger partial charge in [-0.1, -0.05) is 31.5 Å². The largest absolute Gasteiger partial charge is 0.503 e. The molecule has 0 spiro atoms. The fraction of sp³-hybridized carbons (Fsp3) is 0.273. The molecular weight excluding hydrogens is 374 g/mol. The number of fused-ring (bicyclic) bond motifs is 1. The molecule has 1 amide bonds. The maximum atomic E-state index is 13.3. The smallest absolute Gasteiger partial charge is 0.290 e. The SMILES string of the molecule is CCCCN1C(=O)C(O)=C(C(=O)c2cc3ccccc3o2)C1c1sccc1C. The van der Waals surface area contributed by atoms with Gasteiger partial charge in [0.25, 0.3) is 5.91 Å². The van der Waals surface area contributed by atoms with E-state index in [-0.39, 0.29) is 11.3 Å². The lowest BCUT2D eigenvalue weighted by molar-refractivity contribution is -0.129. The van der Waals surface area contributed by atoms with Gasteiger partial charge in [-0.2, -0.15) is 0 Å². The Labute approximate surface area is 166 Å². The van der Waals surface area contributed by atoms with Gasteiger partial charge in [0.2, 0.25) is 5.78 Å². The topological polar surface area (TPSA) is 70.8 Å². The van der Waals surface area contributed by atoms with Gasteiger partial charge in [-0.15, -0.1) is 11.3 Å². The molecular formula is C22H21NO4S. The predicted molar refractivity (Wildman–Crippen MR) is 109 cm³/mol. The van der Waals surface area contributed by atoms with E-state index in [1.807, 2.05) is 43.5 Å². The molecule has 0 fully saturated rings. The Hall–Kier alpha value is -2.86. The van der Waals surface area contributed by atoms with Crippen LogP contribution in [0.2, 0.25) is 0 Å². The van der Waals surface area contributed by atoms with Crippen LogP contribution < -0.4 is 0 Å². The minimum absolute atomic E-state index is 0.103. The number of unbranched alkanes of at least 4 members (excludes halogenated alkanes) is 1. The summed E-state index contributed by atoms with van der Waals surface area (Å²) < 4.78 is 5.72. The van der Waals surface area contributed by atoms with E-state index in [0.717, 1.165) is 28.7 Å². The van der Waals surface area contributed by atoms with Crippen LogP contribution in [0.4, 0.5) is 0 Å². The lowest BCUT2D eigenvalue weighted by atomic mass is 9.98. The number of hydrogen-bond acceptors (Lipinski definition) is 5. The molecule has 0 saturated heterocycles. The molecule has 0 saturated carbocycles. The van der Waals surface area contributed by atoms with E-state index in [2.05, 4.69) is 0 Å². The van der Waals surface area contributed by atoms with Crippen LogP contribution in [0.3, 0.4) is 0 Å². The number of carbonyl (C=O) groups excluding carboxylic acids is 2. The number of rotatable bonds is 6. The molecule has 144 valence electrons. The molecule has 0 aliphatic carbocycles. The molecule has 3 heterocycles. The molecule has 0 radical (unpaired) electrons. The molecule has 1 aliphatic rings. The van der Waals surface area contributed by atoms with E-state index >= 15 is 0 Å². The minimum Gasteiger partial charge on any atom is -0.503 e. The highest BCUT2D eigenvalue weighted by atomic mass is 32.1. The van der Waals surface area contributed by atoms with Gasteiger partial charge >= 0.3 is 0 Å². The van der Waals surface area contributed by atoms with Crippen molar-refractivity contribution in [2.24, 2.45) is 0 Å². The van der Waals surface area contributed by atoms with Gasteiger partial charge in [0.15, 0.2) is 11.5 Å². The third-order valence-electron chi connectivity index (χ3n) is 5.10. The van der Waals surface area contributed by atoms with Crippen molar-refractivity contribution in [1.82, 2.24) is 4.90 Å². The van der Waals surface area contributed by atoms with Crippen LogP contribution in [0.25, 0.3) is 11.0 Å². The molecule has 4 rings (SSSR count). The van der Waals surface area contributed by atoms with Crippen LogP contribution in [0.1, 0.15) is 46.8 Å².